The Morgan fingerprint density at radius 1 is 1.38 bits per heavy atom. The molecular formula is C16H18BrClN2O. The zero-order valence-electron chi connectivity index (χ0n) is 12.1. The van der Waals surface area contributed by atoms with E-state index in [-0.39, 0.29) is 6.04 Å². The lowest BCUT2D eigenvalue weighted by atomic mass is 10.1. The highest BCUT2D eigenvalue weighted by atomic mass is 79.9. The molecule has 0 amide bonds. The fourth-order valence-electron chi connectivity index (χ4n) is 1.95. The second-order valence-electron chi connectivity index (χ2n) is 5.01. The number of hydrogen-bond acceptors (Lipinski definition) is 3. The van der Waals surface area contributed by atoms with Crippen molar-refractivity contribution < 1.29 is 4.74 Å². The van der Waals surface area contributed by atoms with Crippen LogP contribution in [-0.4, -0.2) is 11.0 Å². The molecule has 2 N–H and O–H groups in total. The predicted octanol–water partition coefficient (Wildman–Crippen LogP) is 4.88. The van der Waals surface area contributed by atoms with Gasteiger partial charge in [-0.15, -0.1) is 0 Å². The number of aromatic nitrogens is 1. The molecule has 0 saturated heterocycles. The molecule has 0 aliphatic carbocycles. The highest BCUT2D eigenvalue weighted by molar-refractivity contribution is 9.10. The first-order valence-electron chi connectivity index (χ1n) is 6.83. The minimum absolute atomic E-state index is 0.170. The van der Waals surface area contributed by atoms with Gasteiger partial charge in [0.1, 0.15) is 5.75 Å². The van der Waals surface area contributed by atoms with Gasteiger partial charge < -0.3 is 10.5 Å². The molecular weight excluding hydrogens is 352 g/mol. The summed E-state index contributed by atoms with van der Waals surface area (Å²) in [5.41, 5.74) is 8.09. The molecule has 0 aliphatic rings. The molecule has 1 aromatic carbocycles. The number of nitrogens with two attached hydrogens (primary N) is 1. The number of pyridine rings is 1. The van der Waals surface area contributed by atoms with Crippen molar-refractivity contribution in [2.45, 2.75) is 32.7 Å². The van der Waals surface area contributed by atoms with Gasteiger partial charge in [-0.05, 0) is 65.5 Å². The van der Waals surface area contributed by atoms with Gasteiger partial charge in [0.2, 0.25) is 5.88 Å². The number of halogens is 2. The molecule has 0 fully saturated rings. The molecule has 5 heteroatoms. The molecule has 0 spiro atoms. The van der Waals surface area contributed by atoms with Crippen LogP contribution in [0.2, 0.25) is 5.02 Å². The molecule has 3 nitrogen and oxygen atoms in total. The van der Waals surface area contributed by atoms with Gasteiger partial charge in [-0.3, -0.25) is 0 Å². The van der Waals surface area contributed by atoms with Gasteiger partial charge in [0.15, 0.2) is 0 Å². The number of hydrogen-bond donors (Lipinski definition) is 1. The summed E-state index contributed by atoms with van der Waals surface area (Å²) >= 11 is 9.35. The minimum Gasteiger partial charge on any atom is -0.438 e. The van der Waals surface area contributed by atoms with Crippen LogP contribution in [0.4, 0.5) is 0 Å². The van der Waals surface area contributed by atoms with Crippen molar-refractivity contribution in [3.63, 3.8) is 0 Å². The van der Waals surface area contributed by atoms with Crippen molar-refractivity contribution in [2.24, 2.45) is 5.73 Å². The van der Waals surface area contributed by atoms with E-state index in [9.17, 15) is 0 Å². The highest BCUT2D eigenvalue weighted by Gasteiger charge is 2.09. The van der Waals surface area contributed by atoms with Gasteiger partial charge in [-0.25, -0.2) is 4.98 Å². The maximum atomic E-state index is 5.97. The van der Waals surface area contributed by atoms with Crippen LogP contribution in [0.3, 0.4) is 0 Å². The maximum absolute atomic E-state index is 5.97. The van der Waals surface area contributed by atoms with Gasteiger partial charge in [0.05, 0.1) is 4.47 Å². The smallest absolute Gasteiger partial charge is 0.222 e. The Hall–Kier alpha value is -1.10. The second-order valence-corrected chi connectivity index (χ2v) is 6.31. The third-order valence-corrected chi connectivity index (χ3v) is 4.06. The van der Waals surface area contributed by atoms with Crippen LogP contribution in [-0.2, 0) is 6.42 Å². The number of nitrogens with zero attached hydrogens (tertiary/aromatic N) is 1. The van der Waals surface area contributed by atoms with E-state index in [1.54, 1.807) is 12.1 Å². The molecule has 112 valence electrons. The first kappa shape index (κ1) is 16.3. The lowest BCUT2D eigenvalue weighted by Gasteiger charge is -2.12. The average molecular weight is 370 g/mol. The van der Waals surface area contributed by atoms with Crippen molar-refractivity contribution >= 4 is 27.5 Å². The van der Waals surface area contributed by atoms with E-state index in [1.807, 2.05) is 19.2 Å². The van der Waals surface area contributed by atoms with E-state index in [4.69, 9.17) is 22.1 Å². The topological polar surface area (TPSA) is 48.1 Å². The normalized spacial score (nSPS) is 12.2. The summed E-state index contributed by atoms with van der Waals surface area (Å²) in [6, 6.07) is 7.63. The number of benzene rings is 1. The van der Waals surface area contributed by atoms with E-state index < -0.39 is 0 Å². The molecule has 1 atom stereocenters. The summed E-state index contributed by atoms with van der Waals surface area (Å²) in [5.74, 6) is 1.28. The molecule has 1 unspecified atom stereocenters. The first-order valence-corrected chi connectivity index (χ1v) is 8.00. The Morgan fingerprint density at radius 2 is 2.14 bits per heavy atom. The molecule has 0 bridgehead atoms. The van der Waals surface area contributed by atoms with E-state index in [1.165, 1.54) is 0 Å². The van der Waals surface area contributed by atoms with Crippen molar-refractivity contribution in [2.75, 3.05) is 0 Å². The monoisotopic (exact) mass is 368 g/mol. The maximum Gasteiger partial charge on any atom is 0.222 e. The fourth-order valence-corrected chi connectivity index (χ4v) is 2.71. The molecule has 0 radical (unpaired) electrons. The third kappa shape index (κ3) is 4.43. The number of aryl methyl sites for hydroxylation is 1. The largest absolute Gasteiger partial charge is 0.438 e. The van der Waals surface area contributed by atoms with Gasteiger partial charge in [-0.1, -0.05) is 18.5 Å². The summed E-state index contributed by atoms with van der Waals surface area (Å²) < 4.78 is 6.63. The van der Waals surface area contributed by atoms with Gasteiger partial charge in [0, 0.05) is 22.8 Å². The molecule has 0 saturated carbocycles. The second kappa shape index (κ2) is 7.25. The Labute approximate surface area is 138 Å². The summed E-state index contributed by atoms with van der Waals surface area (Å²) in [4.78, 5) is 4.39. The van der Waals surface area contributed by atoms with Crippen molar-refractivity contribution in [1.29, 1.82) is 0 Å². The molecule has 1 aromatic heterocycles. The van der Waals surface area contributed by atoms with Crippen molar-refractivity contribution in [1.82, 2.24) is 4.98 Å². The van der Waals surface area contributed by atoms with Crippen LogP contribution in [0.1, 0.15) is 24.5 Å². The Balaban J connectivity index is 2.17. The van der Waals surface area contributed by atoms with E-state index in [0.29, 0.717) is 16.7 Å². The summed E-state index contributed by atoms with van der Waals surface area (Å²) in [7, 11) is 0. The zero-order valence-corrected chi connectivity index (χ0v) is 14.4. The molecule has 2 rings (SSSR count). The molecule has 2 aromatic rings. The third-order valence-electron chi connectivity index (χ3n) is 3.21. The van der Waals surface area contributed by atoms with E-state index >= 15 is 0 Å². The van der Waals surface area contributed by atoms with Crippen LogP contribution < -0.4 is 10.5 Å². The summed E-state index contributed by atoms with van der Waals surface area (Å²) in [5, 5.41) is 0.655. The minimum atomic E-state index is 0.170. The van der Waals surface area contributed by atoms with Crippen molar-refractivity contribution in [3.8, 4) is 11.6 Å². The zero-order chi connectivity index (χ0) is 15.4. The van der Waals surface area contributed by atoms with E-state index in [0.717, 1.165) is 28.4 Å². The lowest BCUT2D eigenvalue weighted by molar-refractivity contribution is 0.455. The van der Waals surface area contributed by atoms with Gasteiger partial charge in [0.25, 0.3) is 0 Å². The van der Waals surface area contributed by atoms with Gasteiger partial charge >= 0.3 is 0 Å². The number of ether oxygens (including phenoxy) is 1. The molecule has 1 heterocycles. The van der Waals surface area contributed by atoms with Gasteiger partial charge in [-0.2, -0.15) is 0 Å². The highest BCUT2D eigenvalue weighted by Crippen LogP contribution is 2.32. The first-order chi connectivity index (χ1) is 9.99. The fraction of sp³-hybridized carbons (Fsp3) is 0.312. The van der Waals surface area contributed by atoms with Crippen LogP contribution in [0, 0.1) is 6.92 Å². The van der Waals surface area contributed by atoms with E-state index in [2.05, 4.69) is 33.9 Å². The Bertz CT molecular complexity index is 634. The Morgan fingerprint density at radius 3 is 2.76 bits per heavy atom. The van der Waals surface area contributed by atoms with Crippen LogP contribution in [0.5, 0.6) is 11.6 Å². The molecule has 21 heavy (non-hydrogen) atoms. The predicted molar refractivity (Wildman–Crippen MR) is 90.2 cm³/mol. The lowest BCUT2D eigenvalue weighted by Crippen LogP contribution is -2.21. The van der Waals surface area contributed by atoms with Crippen LogP contribution >= 0.6 is 27.5 Å². The Kier molecular flexibility index (Phi) is 5.62. The number of rotatable bonds is 5. The SMILES string of the molecule is CCC(N)Cc1cnc(Oc2ccc(Cl)cc2Br)c(C)c1. The quantitative estimate of drug-likeness (QED) is 0.817. The van der Waals surface area contributed by atoms with Crippen molar-refractivity contribution in [3.05, 3.63) is 51.1 Å². The van der Waals surface area contributed by atoms with Crippen LogP contribution in [0.15, 0.2) is 34.9 Å². The summed E-state index contributed by atoms with van der Waals surface area (Å²) in [6.45, 7) is 4.06. The average Bonchev–Trinajstić information content (AvgIpc) is 2.44. The standard InChI is InChI=1S/C16H18BrClN2O/c1-3-13(19)7-11-6-10(2)16(20-9-11)21-15-5-4-12(18)8-14(15)17/h4-6,8-9,13H,3,7,19H2,1-2H3. The molecule has 0 aliphatic heterocycles. The summed E-state index contributed by atoms with van der Waals surface area (Å²) in [6.07, 6.45) is 3.60. The van der Waals surface area contributed by atoms with Crippen LogP contribution in [0.25, 0.3) is 0 Å².